The molecule has 0 unspecified atom stereocenters. The van der Waals surface area contributed by atoms with Crippen LogP contribution in [0.4, 0.5) is 43.4 Å². The summed E-state index contributed by atoms with van der Waals surface area (Å²) in [6.07, 6.45) is 1.37. The molecule has 0 saturated carbocycles. The summed E-state index contributed by atoms with van der Waals surface area (Å²) in [7, 11) is 5.76. The Labute approximate surface area is 215 Å². The fourth-order valence-corrected chi connectivity index (χ4v) is 4.28. The summed E-state index contributed by atoms with van der Waals surface area (Å²) in [5.41, 5.74) is 10.1. The van der Waals surface area contributed by atoms with Crippen LogP contribution in [-0.4, -0.2) is 72.2 Å². The normalized spacial score (nSPS) is 14.3. The number of nitrogen functional groups attached to an aromatic ring is 1. The zero-order valence-corrected chi connectivity index (χ0v) is 22.0. The molecule has 0 amide bonds. The standard InChI is InChI=1S/C25H33F2N9O/c1-15-7-8-18-21(31-15)25(2,3)13-36(18)24-30-14-29-23(33-24)32-17-11-16(28)19(12-20(17)37-22(26)27)35(6)10-9-34(4)5/h7-8,11-12,14,22H,9-10,13,28H2,1-6H3,(H,29,30,32,33). The molecule has 3 heterocycles. The molecule has 0 fully saturated rings. The third kappa shape index (κ3) is 5.79. The van der Waals surface area contributed by atoms with Crippen LogP contribution in [0.15, 0.2) is 30.6 Å². The fourth-order valence-electron chi connectivity index (χ4n) is 4.28. The molecule has 0 saturated heterocycles. The van der Waals surface area contributed by atoms with Crippen molar-refractivity contribution in [1.82, 2.24) is 24.8 Å². The molecule has 2 aromatic heterocycles. The maximum absolute atomic E-state index is 13.3. The first kappa shape index (κ1) is 26.3. The minimum atomic E-state index is -3.02. The van der Waals surface area contributed by atoms with Crippen LogP contribution in [0, 0.1) is 6.92 Å². The van der Waals surface area contributed by atoms with Gasteiger partial charge >= 0.3 is 6.61 Å². The number of nitrogens with two attached hydrogens (primary N) is 1. The Morgan fingerprint density at radius 1 is 1.14 bits per heavy atom. The Bertz CT molecular complexity index is 1270. The number of benzene rings is 1. The zero-order chi connectivity index (χ0) is 26.9. The highest BCUT2D eigenvalue weighted by Gasteiger charge is 2.38. The Morgan fingerprint density at radius 2 is 1.89 bits per heavy atom. The van der Waals surface area contributed by atoms with Gasteiger partial charge in [0.1, 0.15) is 6.33 Å². The first-order valence-corrected chi connectivity index (χ1v) is 11.9. The van der Waals surface area contributed by atoms with Crippen LogP contribution in [0.5, 0.6) is 5.75 Å². The van der Waals surface area contributed by atoms with Gasteiger partial charge in [0.2, 0.25) is 11.9 Å². The summed E-state index contributed by atoms with van der Waals surface area (Å²) in [5.74, 6) is 0.521. The number of aromatic nitrogens is 4. The lowest BCUT2D eigenvalue weighted by molar-refractivity contribution is -0.0493. The van der Waals surface area contributed by atoms with E-state index in [4.69, 9.17) is 15.5 Å². The summed E-state index contributed by atoms with van der Waals surface area (Å²) in [6.45, 7) is 5.22. The molecule has 3 N–H and O–H groups in total. The van der Waals surface area contributed by atoms with Gasteiger partial charge in [-0.15, -0.1) is 0 Å². The van der Waals surface area contributed by atoms with E-state index in [2.05, 4.69) is 34.1 Å². The number of pyridine rings is 1. The van der Waals surface area contributed by atoms with Gasteiger partial charge in [0.25, 0.3) is 0 Å². The number of nitrogens with one attached hydrogen (secondary N) is 1. The van der Waals surface area contributed by atoms with Crippen molar-refractivity contribution in [3.63, 3.8) is 0 Å². The van der Waals surface area contributed by atoms with Crippen LogP contribution in [0.25, 0.3) is 0 Å². The highest BCUT2D eigenvalue weighted by molar-refractivity contribution is 5.79. The molecule has 37 heavy (non-hydrogen) atoms. The number of hydrogen-bond donors (Lipinski definition) is 2. The van der Waals surface area contributed by atoms with E-state index in [9.17, 15) is 8.78 Å². The van der Waals surface area contributed by atoms with E-state index in [1.54, 1.807) is 6.07 Å². The topological polar surface area (TPSA) is 109 Å². The van der Waals surface area contributed by atoms with E-state index in [0.29, 0.717) is 30.4 Å². The van der Waals surface area contributed by atoms with Gasteiger partial charge in [-0.2, -0.15) is 13.8 Å². The van der Waals surface area contributed by atoms with Crippen molar-refractivity contribution in [2.45, 2.75) is 32.8 Å². The molecule has 198 valence electrons. The molecule has 0 atom stereocenters. The third-order valence-electron chi connectivity index (χ3n) is 6.18. The van der Waals surface area contributed by atoms with Gasteiger partial charge in [-0.05, 0) is 39.2 Å². The van der Waals surface area contributed by atoms with Gasteiger partial charge in [-0.1, -0.05) is 13.8 Å². The smallest absolute Gasteiger partial charge is 0.387 e. The predicted octanol–water partition coefficient (Wildman–Crippen LogP) is 3.93. The number of aryl methyl sites for hydroxylation is 1. The van der Waals surface area contributed by atoms with Crippen LogP contribution in [0.3, 0.4) is 0 Å². The van der Waals surface area contributed by atoms with Crippen molar-refractivity contribution >= 4 is 34.6 Å². The fraction of sp³-hybridized carbons (Fsp3) is 0.440. The molecule has 0 bridgehead atoms. The molecule has 0 spiro atoms. The third-order valence-corrected chi connectivity index (χ3v) is 6.18. The van der Waals surface area contributed by atoms with Crippen molar-refractivity contribution in [1.29, 1.82) is 0 Å². The van der Waals surface area contributed by atoms with Gasteiger partial charge < -0.3 is 30.5 Å². The quantitative estimate of drug-likeness (QED) is 0.409. The molecule has 1 aromatic carbocycles. The van der Waals surface area contributed by atoms with Gasteiger partial charge in [-0.25, -0.2) is 9.97 Å². The van der Waals surface area contributed by atoms with Crippen molar-refractivity contribution in [2.24, 2.45) is 0 Å². The number of likely N-dealkylation sites (N-methyl/N-ethyl adjacent to an activating group) is 2. The summed E-state index contributed by atoms with van der Waals surface area (Å²) >= 11 is 0. The number of ether oxygens (including phenoxy) is 1. The zero-order valence-electron chi connectivity index (χ0n) is 22.0. The van der Waals surface area contributed by atoms with Crippen molar-refractivity contribution in [3.05, 3.63) is 42.0 Å². The second-order valence-electron chi connectivity index (χ2n) is 10.0. The summed E-state index contributed by atoms with van der Waals surface area (Å²) in [4.78, 5) is 23.7. The van der Waals surface area contributed by atoms with Crippen LogP contribution in [0.2, 0.25) is 0 Å². The van der Waals surface area contributed by atoms with Gasteiger partial charge in [0.05, 0.1) is 28.4 Å². The van der Waals surface area contributed by atoms with E-state index >= 15 is 0 Å². The average molecular weight is 514 g/mol. The molecular weight excluding hydrogens is 480 g/mol. The van der Waals surface area contributed by atoms with Crippen LogP contribution in [-0.2, 0) is 5.41 Å². The Hall–Kier alpha value is -3.80. The first-order valence-electron chi connectivity index (χ1n) is 11.9. The van der Waals surface area contributed by atoms with Gasteiger partial charge in [0, 0.05) is 43.9 Å². The summed E-state index contributed by atoms with van der Waals surface area (Å²) < 4.78 is 31.4. The maximum Gasteiger partial charge on any atom is 0.387 e. The largest absolute Gasteiger partial charge is 0.433 e. The van der Waals surface area contributed by atoms with Crippen LogP contribution < -0.4 is 25.6 Å². The van der Waals surface area contributed by atoms with Gasteiger partial charge in [-0.3, -0.25) is 4.98 Å². The Balaban J connectivity index is 1.64. The molecule has 10 nitrogen and oxygen atoms in total. The Morgan fingerprint density at radius 3 is 2.59 bits per heavy atom. The molecule has 12 heteroatoms. The van der Waals surface area contributed by atoms with E-state index in [-0.39, 0.29) is 22.8 Å². The van der Waals surface area contributed by atoms with E-state index in [0.717, 1.165) is 23.6 Å². The number of hydrogen-bond acceptors (Lipinski definition) is 10. The molecule has 0 aliphatic carbocycles. The lowest BCUT2D eigenvalue weighted by Crippen LogP contribution is -2.29. The van der Waals surface area contributed by atoms with Crippen LogP contribution >= 0.6 is 0 Å². The number of nitrogens with zero attached hydrogens (tertiary/aromatic N) is 7. The molecule has 0 radical (unpaired) electrons. The molecule has 1 aliphatic heterocycles. The lowest BCUT2D eigenvalue weighted by Gasteiger charge is -2.25. The number of anilines is 6. The second kappa shape index (κ2) is 10.3. The minimum absolute atomic E-state index is 0.0646. The van der Waals surface area contributed by atoms with Crippen molar-refractivity contribution in [2.75, 3.05) is 61.6 Å². The van der Waals surface area contributed by atoms with E-state index in [1.165, 1.54) is 12.4 Å². The average Bonchev–Trinajstić information content (AvgIpc) is 3.09. The first-order chi connectivity index (χ1) is 17.4. The van der Waals surface area contributed by atoms with Gasteiger partial charge in [0.15, 0.2) is 5.75 Å². The Kier molecular flexibility index (Phi) is 7.30. The van der Waals surface area contributed by atoms with Crippen molar-refractivity contribution in [3.8, 4) is 5.75 Å². The lowest BCUT2D eigenvalue weighted by atomic mass is 9.91. The monoisotopic (exact) mass is 513 g/mol. The number of halogens is 2. The van der Waals surface area contributed by atoms with E-state index in [1.807, 2.05) is 54.9 Å². The molecule has 3 aromatic rings. The molecular formula is C25H33F2N9O. The minimum Gasteiger partial charge on any atom is -0.433 e. The maximum atomic E-state index is 13.3. The number of rotatable bonds is 9. The molecule has 1 aliphatic rings. The number of fused-ring (bicyclic) bond motifs is 1. The van der Waals surface area contributed by atoms with E-state index < -0.39 is 6.61 Å². The highest BCUT2D eigenvalue weighted by Crippen LogP contribution is 2.42. The summed E-state index contributed by atoms with van der Waals surface area (Å²) in [6, 6.07) is 6.99. The highest BCUT2D eigenvalue weighted by atomic mass is 19.3. The molecule has 4 rings (SSSR count). The SMILES string of the molecule is Cc1ccc2c(n1)C(C)(C)CN2c1ncnc(Nc2cc(N)c(N(C)CCN(C)C)cc2OC(F)F)n1. The second-order valence-corrected chi connectivity index (χ2v) is 10.0. The predicted molar refractivity (Wildman–Crippen MR) is 141 cm³/mol. The van der Waals surface area contributed by atoms with Crippen LogP contribution in [0.1, 0.15) is 25.2 Å². The summed E-state index contributed by atoms with van der Waals surface area (Å²) in [5, 5.41) is 2.98. The van der Waals surface area contributed by atoms with Crippen molar-refractivity contribution < 1.29 is 13.5 Å². The number of alkyl halides is 2.